The molecule has 0 amide bonds. The van der Waals surface area contributed by atoms with Gasteiger partial charge in [0.2, 0.25) is 0 Å². The number of thiophene rings is 1. The second-order valence-corrected chi connectivity index (χ2v) is 8.22. The van der Waals surface area contributed by atoms with Gasteiger partial charge in [-0.15, -0.1) is 11.3 Å². The first-order chi connectivity index (χ1) is 15.2. The maximum Gasteiger partial charge on any atom is 0.191 e. The van der Waals surface area contributed by atoms with Gasteiger partial charge < -0.3 is 19.9 Å². The first kappa shape index (κ1) is 21.5. The largest absolute Gasteiger partial charge is 0.379 e. The third kappa shape index (κ3) is 5.49. The number of guanidine groups is 1. The summed E-state index contributed by atoms with van der Waals surface area (Å²) < 4.78 is 21.7. The summed E-state index contributed by atoms with van der Waals surface area (Å²) in [6.07, 6.45) is 4.94. The number of imidazole rings is 1. The van der Waals surface area contributed by atoms with Gasteiger partial charge in [-0.3, -0.25) is 9.89 Å². The monoisotopic (exact) mass is 442 g/mol. The highest BCUT2D eigenvalue weighted by molar-refractivity contribution is 7.10. The lowest BCUT2D eigenvalue weighted by atomic mass is 10.2. The summed E-state index contributed by atoms with van der Waals surface area (Å²) in [6, 6.07) is 9.72. The second kappa shape index (κ2) is 10.5. The number of morpholine rings is 1. The Balaban J connectivity index is 1.35. The van der Waals surface area contributed by atoms with Gasteiger partial charge in [0, 0.05) is 50.5 Å². The molecule has 1 saturated heterocycles. The summed E-state index contributed by atoms with van der Waals surface area (Å²) in [7, 11) is 1.74. The van der Waals surface area contributed by atoms with Crippen LogP contribution in [0.5, 0.6) is 0 Å². The minimum atomic E-state index is -0.287. The number of aromatic nitrogens is 2. The van der Waals surface area contributed by atoms with Crippen LogP contribution in [-0.4, -0.2) is 60.3 Å². The van der Waals surface area contributed by atoms with Crippen molar-refractivity contribution in [3.05, 3.63) is 70.7 Å². The van der Waals surface area contributed by atoms with Crippen molar-refractivity contribution in [3.8, 4) is 5.69 Å². The summed E-state index contributed by atoms with van der Waals surface area (Å²) in [5.74, 6) is 0.402. The van der Waals surface area contributed by atoms with Gasteiger partial charge in [0.1, 0.15) is 5.82 Å². The smallest absolute Gasteiger partial charge is 0.191 e. The molecule has 1 aromatic carbocycles. The molecule has 0 aliphatic carbocycles. The van der Waals surface area contributed by atoms with E-state index in [0.717, 1.165) is 38.4 Å². The number of benzene rings is 1. The maximum atomic E-state index is 14.5. The molecule has 4 rings (SSSR count). The molecule has 0 saturated carbocycles. The molecule has 1 fully saturated rings. The van der Waals surface area contributed by atoms with E-state index in [2.05, 4.69) is 43.0 Å². The van der Waals surface area contributed by atoms with Gasteiger partial charge in [0.05, 0.1) is 31.3 Å². The topological polar surface area (TPSA) is 66.7 Å². The maximum absolute atomic E-state index is 14.5. The third-order valence-electron chi connectivity index (χ3n) is 5.30. The van der Waals surface area contributed by atoms with E-state index in [1.807, 2.05) is 6.07 Å². The van der Waals surface area contributed by atoms with Crippen LogP contribution in [0.15, 0.2) is 59.4 Å². The Morgan fingerprint density at radius 3 is 2.84 bits per heavy atom. The Bertz CT molecular complexity index is 970. The molecule has 2 aromatic heterocycles. The van der Waals surface area contributed by atoms with E-state index < -0.39 is 0 Å². The van der Waals surface area contributed by atoms with E-state index in [9.17, 15) is 4.39 Å². The predicted molar refractivity (Wildman–Crippen MR) is 121 cm³/mol. The molecule has 1 atom stereocenters. The molecule has 0 bridgehead atoms. The van der Waals surface area contributed by atoms with Crippen molar-refractivity contribution < 1.29 is 9.13 Å². The van der Waals surface area contributed by atoms with Crippen molar-refractivity contribution in [3.63, 3.8) is 0 Å². The standard InChI is InChI=1S/C22H27FN6OS/c1-24-22(26-14-17-4-5-19(18(23)13-17)29-7-6-25-16-29)27-15-20(21-3-2-12-31-21)28-8-10-30-11-9-28/h2-7,12-13,16,20H,8-11,14-15H2,1H3,(H2,24,26,27). The Labute approximate surface area is 185 Å². The molecule has 3 heterocycles. The molecule has 31 heavy (non-hydrogen) atoms. The van der Waals surface area contributed by atoms with Crippen molar-refractivity contribution >= 4 is 17.3 Å². The number of nitrogens with one attached hydrogen (secondary N) is 2. The van der Waals surface area contributed by atoms with Crippen molar-refractivity contribution in [1.82, 2.24) is 25.1 Å². The first-order valence-corrected chi connectivity index (χ1v) is 11.2. The summed E-state index contributed by atoms with van der Waals surface area (Å²) in [4.78, 5) is 12.1. The summed E-state index contributed by atoms with van der Waals surface area (Å²) in [6.45, 7) is 4.55. The van der Waals surface area contributed by atoms with Crippen LogP contribution in [0.25, 0.3) is 5.69 Å². The molecule has 1 unspecified atom stereocenters. The second-order valence-electron chi connectivity index (χ2n) is 7.24. The minimum Gasteiger partial charge on any atom is -0.379 e. The van der Waals surface area contributed by atoms with Crippen LogP contribution in [0.2, 0.25) is 0 Å². The molecular formula is C22H27FN6OS. The average molecular weight is 443 g/mol. The van der Waals surface area contributed by atoms with Gasteiger partial charge >= 0.3 is 0 Å². The third-order valence-corrected chi connectivity index (χ3v) is 6.27. The van der Waals surface area contributed by atoms with E-state index >= 15 is 0 Å². The van der Waals surface area contributed by atoms with Crippen molar-refractivity contribution in [2.75, 3.05) is 39.9 Å². The number of hydrogen-bond donors (Lipinski definition) is 2. The molecule has 0 spiro atoms. The van der Waals surface area contributed by atoms with E-state index in [1.165, 1.54) is 10.9 Å². The molecule has 1 aliphatic heterocycles. The highest BCUT2D eigenvalue weighted by Crippen LogP contribution is 2.25. The van der Waals surface area contributed by atoms with E-state index in [0.29, 0.717) is 18.2 Å². The van der Waals surface area contributed by atoms with Gasteiger partial charge in [-0.05, 0) is 29.1 Å². The predicted octanol–water partition coefficient (Wildman–Crippen LogP) is 2.81. The van der Waals surface area contributed by atoms with Gasteiger partial charge in [0.25, 0.3) is 0 Å². The Morgan fingerprint density at radius 1 is 1.29 bits per heavy atom. The molecule has 164 valence electrons. The lowest BCUT2D eigenvalue weighted by Gasteiger charge is -2.34. The summed E-state index contributed by atoms with van der Waals surface area (Å²) in [5, 5.41) is 8.82. The number of ether oxygens (including phenoxy) is 1. The zero-order chi connectivity index (χ0) is 21.5. The van der Waals surface area contributed by atoms with Gasteiger partial charge in [-0.2, -0.15) is 0 Å². The zero-order valence-electron chi connectivity index (χ0n) is 17.5. The first-order valence-electron chi connectivity index (χ1n) is 10.3. The fraction of sp³-hybridized carbons (Fsp3) is 0.364. The Kier molecular flexibility index (Phi) is 7.29. The lowest BCUT2D eigenvalue weighted by molar-refractivity contribution is 0.0177. The summed E-state index contributed by atoms with van der Waals surface area (Å²) >= 11 is 1.77. The average Bonchev–Trinajstić information content (AvgIpc) is 3.51. The number of nitrogens with zero attached hydrogens (tertiary/aromatic N) is 4. The lowest BCUT2D eigenvalue weighted by Crippen LogP contribution is -2.46. The van der Waals surface area contributed by atoms with Crippen molar-refractivity contribution in [1.29, 1.82) is 0 Å². The molecule has 0 radical (unpaired) electrons. The van der Waals surface area contributed by atoms with Crippen LogP contribution in [0, 0.1) is 5.82 Å². The number of rotatable bonds is 7. The molecule has 7 nitrogen and oxygen atoms in total. The number of hydrogen-bond acceptors (Lipinski definition) is 5. The highest BCUT2D eigenvalue weighted by Gasteiger charge is 2.23. The van der Waals surface area contributed by atoms with Crippen LogP contribution in [0.4, 0.5) is 4.39 Å². The fourth-order valence-corrected chi connectivity index (χ4v) is 4.51. The van der Waals surface area contributed by atoms with Crippen LogP contribution in [0.3, 0.4) is 0 Å². The van der Waals surface area contributed by atoms with Gasteiger partial charge in [-0.1, -0.05) is 12.1 Å². The van der Waals surface area contributed by atoms with Crippen molar-refractivity contribution in [2.45, 2.75) is 12.6 Å². The zero-order valence-corrected chi connectivity index (χ0v) is 18.3. The molecular weight excluding hydrogens is 415 g/mol. The molecule has 9 heteroatoms. The Morgan fingerprint density at radius 2 is 2.16 bits per heavy atom. The van der Waals surface area contributed by atoms with Crippen LogP contribution >= 0.6 is 11.3 Å². The van der Waals surface area contributed by atoms with E-state index in [1.54, 1.807) is 47.7 Å². The van der Waals surface area contributed by atoms with Gasteiger partial charge in [0.15, 0.2) is 5.96 Å². The molecule has 1 aliphatic rings. The van der Waals surface area contributed by atoms with E-state index in [4.69, 9.17) is 4.74 Å². The van der Waals surface area contributed by atoms with E-state index in [-0.39, 0.29) is 11.9 Å². The van der Waals surface area contributed by atoms with Gasteiger partial charge in [-0.25, -0.2) is 9.37 Å². The van der Waals surface area contributed by atoms with Crippen LogP contribution < -0.4 is 10.6 Å². The van der Waals surface area contributed by atoms with Crippen LogP contribution in [0.1, 0.15) is 16.5 Å². The van der Waals surface area contributed by atoms with Crippen molar-refractivity contribution in [2.24, 2.45) is 4.99 Å². The SMILES string of the molecule is CN=C(NCc1ccc(-n2ccnc2)c(F)c1)NCC(c1cccs1)N1CCOCC1. The number of halogens is 1. The Hall–Kier alpha value is -2.75. The van der Waals surface area contributed by atoms with Crippen LogP contribution in [-0.2, 0) is 11.3 Å². The number of aliphatic imine (C=N–C) groups is 1. The summed E-state index contributed by atoms with van der Waals surface area (Å²) in [5.41, 5.74) is 1.32. The fourth-order valence-electron chi connectivity index (χ4n) is 3.65. The minimum absolute atomic E-state index is 0.259. The highest BCUT2D eigenvalue weighted by atomic mass is 32.1. The normalized spacial score (nSPS) is 16.3. The molecule has 3 aromatic rings. The molecule has 2 N–H and O–H groups in total. The quantitative estimate of drug-likeness (QED) is 0.435.